The number of furan rings is 1. The zero-order chi connectivity index (χ0) is 8.44. The summed E-state index contributed by atoms with van der Waals surface area (Å²) in [6, 6.07) is 3.75. The Kier molecular flexibility index (Phi) is 1.90. The van der Waals surface area contributed by atoms with Crippen LogP contribution in [-0.2, 0) is 6.42 Å². The van der Waals surface area contributed by atoms with Crippen molar-refractivity contribution < 1.29 is 9.52 Å². The van der Waals surface area contributed by atoms with Gasteiger partial charge in [-0.3, -0.25) is 0 Å². The van der Waals surface area contributed by atoms with E-state index in [9.17, 15) is 5.11 Å². The lowest BCUT2D eigenvalue weighted by atomic mass is 9.98. The third kappa shape index (κ3) is 1.52. The maximum Gasteiger partial charge on any atom is 0.106 e. The zero-order valence-corrected chi connectivity index (χ0v) is 6.92. The predicted octanol–water partition coefficient (Wildman–Crippen LogP) is 0.546. The van der Waals surface area contributed by atoms with E-state index in [-0.39, 0.29) is 0 Å². The van der Waals surface area contributed by atoms with E-state index in [1.54, 1.807) is 6.26 Å². The Labute approximate surface area is 71.4 Å². The van der Waals surface area contributed by atoms with Gasteiger partial charge in [0, 0.05) is 13.0 Å². The van der Waals surface area contributed by atoms with Gasteiger partial charge in [-0.25, -0.2) is 0 Å². The molecule has 1 atom stereocenters. The van der Waals surface area contributed by atoms with Crippen molar-refractivity contribution in [1.82, 2.24) is 5.32 Å². The van der Waals surface area contributed by atoms with Gasteiger partial charge in [0.25, 0.3) is 0 Å². The van der Waals surface area contributed by atoms with Crippen molar-refractivity contribution in [3.8, 4) is 0 Å². The van der Waals surface area contributed by atoms with Gasteiger partial charge in [-0.2, -0.15) is 0 Å². The Morgan fingerprint density at radius 3 is 3.17 bits per heavy atom. The predicted molar refractivity (Wildman–Crippen MR) is 44.8 cm³/mol. The first-order valence-electron chi connectivity index (χ1n) is 4.24. The van der Waals surface area contributed by atoms with Gasteiger partial charge in [-0.15, -0.1) is 0 Å². The summed E-state index contributed by atoms with van der Waals surface area (Å²) in [4.78, 5) is 0. The lowest BCUT2D eigenvalue weighted by Crippen LogP contribution is -2.33. The van der Waals surface area contributed by atoms with E-state index in [2.05, 4.69) is 5.32 Å². The molecule has 1 saturated heterocycles. The molecule has 12 heavy (non-hydrogen) atoms. The fourth-order valence-corrected chi connectivity index (χ4v) is 1.62. The minimum absolute atomic E-state index is 0.585. The largest absolute Gasteiger partial charge is 0.469 e. The van der Waals surface area contributed by atoms with Crippen LogP contribution in [0.5, 0.6) is 0 Å². The molecule has 0 amide bonds. The Bertz CT molecular complexity index is 237. The lowest BCUT2D eigenvalue weighted by molar-refractivity contribution is 0.0565. The maximum atomic E-state index is 9.94. The molecule has 3 heteroatoms. The summed E-state index contributed by atoms with van der Waals surface area (Å²) in [5, 5.41) is 13.1. The van der Waals surface area contributed by atoms with Gasteiger partial charge >= 0.3 is 0 Å². The number of hydrogen-bond donors (Lipinski definition) is 2. The monoisotopic (exact) mass is 167 g/mol. The van der Waals surface area contributed by atoms with E-state index in [4.69, 9.17) is 4.42 Å². The summed E-state index contributed by atoms with van der Waals surface area (Å²) >= 11 is 0. The molecule has 0 aromatic carbocycles. The van der Waals surface area contributed by atoms with Crippen LogP contribution in [0.1, 0.15) is 12.2 Å². The van der Waals surface area contributed by atoms with Crippen molar-refractivity contribution in [2.45, 2.75) is 18.4 Å². The fraction of sp³-hybridized carbons (Fsp3) is 0.556. The van der Waals surface area contributed by atoms with Gasteiger partial charge in [0.2, 0.25) is 0 Å². The first-order chi connectivity index (χ1) is 5.79. The van der Waals surface area contributed by atoms with Crippen LogP contribution in [0.2, 0.25) is 0 Å². The maximum absolute atomic E-state index is 9.94. The number of nitrogens with one attached hydrogen (secondary N) is 1. The summed E-state index contributed by atoms with van der Waals surface area (Å²) < 4.78 is 5.17. The smallest absolute Gasteiger partial charge is 0.106 e. The normalized spacial score (nSPS) is 29.4. The number of aliphatic hydroxyl groups is 1. The van der Waals surface area contributed by atoms with Crippen LogP contribution in [-0.4, -0.2) is 23.8 Å². The number of rotatable bonds is 2. The molecular formula is C9H13NO2. The summed E-state index contributed by atoms with van der Waals surface area (Å²) in [7, 11) is 0. The van der Waals surface area contributed by atoms with Gasteiger partial charge < -0.3 is 14.8 Å². The highest BCUT2D eigenvalue weighted by molar-refractivity contribution is 5.05. The van der Waals surface area contributed by atoms with Crippen LogP contribution < -0.4 is 5.32 Å². The quantitative estimate of drug-likeness (QED) is 0.676. The summed E-state index contributed by atoms with van der Waals surface area (Å²) in [5.74, 6) is 0.862. The van der Waals surface area contributed by atoms with E-state index in [1.165, 1.54) is 0 Å². The second kappa shape index (κ2) is 2.92. The fourth-order valence-electron chi connectivity index (χ4n) is 1.62. The summed E-state index contributed by atoms with van der Waals surface area (Å²) in [6.07, 6.45) is 3.07. The number of hydrogen-bond acceptors (Lipinski definition) is 3. The molecule has 1 aromatic rings. The highest BCUT2D eigenvalue weighted by Crippen LogP contribution is 2.20. The molecule has 2 N–H and O–H groups in total. The molecule has 1 aliphatic rings. The minimum Gasteiger partial charge on any atom is -0.469 e. The molecule has 66 valence electrons. The van der Waals surface area contributed by atoms with Crippen LogP contribution in [0.4, 0.5) is 0 Å². The zero-order valence-electron chi connectivity index (χ0n) is 6.92. The third-order valence-electron chi connectivity index (χ3n) is 2.30. The van der Waals surface area contributed by atoms with E-state index in [0.29, 0.717) is 13.0 Å². The van der Waals surface area contributed by atoms with E-state index < -0.39 is 5.60 Å². The molecule has 1 fully saturated rings. The first-order valence-corrected chi connectivity index (χ1v) is 4.24. The van der Waals surface area contributed by atoms with Crippen molar-refractivity contribution in [2.75, 3.05) is 13.1 Å². The SMILES string of the molecule is OC1(Cc2ccco2)CCNC1. The molecule has 0 radical (unpaired) electrons. The second-order valence-corrected chi connectivity index (χ2v) is 3.41. The molecule has 0 saturated carbocycles. The molecule has 1 unspecified atom stereocenters. The Morgan fingerprint density at radius 2 is 2.58 bits per heavy atom. The van der Waals surface area contributed by atoms with Gasteiger partial charge in [-0.05, 0) is 25.1 Å². The standard InChI is InChI=1S/C9H13NO2/c11-9(3-4-10-7-9)6-8-2-1-5-12-8/h1-2,5,10-11H,3-4,6-7H2. The van der Waals surface area contributed by atoms with Crippen LogP contribution in [0.15, 0.2) is 22.8 Å². The number of β-amino-alcohol motifs (C(OH)–C–C–N with tert-alkyl or cyclic N) is 1. The van der Waals surface area contributed by atoms with Gasteiger partial charge in [0.15, 0.2) is 0 Å². The molecule has 0 aliphatic carbocycles. The van der Waals surface area contributed by atoms with E-state index >= 15 is 0 Å². The molecule has 1 aliphatic heterocycles. The van der Waals surface area contributed by atoms with E-state index in [1.807, 2.05) is 12.1 Å². The van der Waals surface area contributed by atoms with E-state index in [0.717, 1.165) is 18.7 Å². The molecule has 0 spiro atoms. The summed E-state index contributed by atoms with van der Waals surface area (Å²) in [5.41, 5.74) is -0.585. The Balaban J connectivity index is 2.02. The highest BCUT2D eigenvalue weighted by Gasteiger charge is 2.31. The van der Waals surface area contributed by atoms with Crippen LogP contribution in [0.3, 0.4) is 0 Å². The minimum atomic E-state index is -0.585. The topological polar surface area (TPSA) is 45.4 Å². The van der Waals surface area contributed by atoms with Crippen molar-refractivity contribution in [3.63, 3.8) is 0 Å². The first kappa shape index (κ1) is 7.83. The van der Waals surface area contributed by atoms with Crippen LogP contribution in [0, 0.1) is 0 Å². The Morgan fingerprint density at radius 1 is 1.67 bits per heavy atom. The van der Waals surface area contributed by atoms with Gasteiger partial charge in [0.1, 0.15) is 5.76 Å². The van der Waals surface area contributed by atoms with Gasteiger partial charge in [0.05, 0.1) is 11.9 Å². The third-order valence-corrected chi connectivity index (χ3v) is 2.30. The molecule has 2 heterocycles. The molecule has 3 nitrogen and oxygen atoms in total. The Hall–Kier alpha value is -0.800. The molecule has 2 rings (SSSR count). The summed E-state index contributed by atoms with van der Waals surface area (Å²) in [6.45, 7) is 1.57. The average molecular weight is 167 g/mol. The lowest BCUT2D eigenvalue weighted by Gasteiger charge is -2.19. The molecule has 0 bridgehead atoms. The van der Waals surface area contributed by atoms with Gasteiger partial charge in [-0.1, -0.05) is 0 Å². The second-order valence-electron chi connectivity index (χ2n) is 3.41. The van der Waals surface area contributed by atoms with Crippen molar-refractivity contribution in [2.24, 2.45) is 0 Å². The van der Waals surface area contributed by atoms with Crippen LogP contribution >= 0.6 is 0 Å². The van der Waals surface area contributed by atoms with Crippen molar-refractivity contribution in [3.05, 3.63) is 24.2 Å². The van der Waals surface area contributed by atoms with Crippen LogP contribution in [0.25, 0.3) is 0 Å². The highest BCUT2D eigenvalue weighted by atomic mass is 16.3. The molecular weight excluding hydrogens is 154 g/mol. The van der Waals surface area contributed by atoms with Crippen molar-refractivity contribution in [1.29, 1.82) is 0 Å². The van der Waals surface area contributed by atoms with Crippen molar-refractivity contribution >= 4 is 0 Å². The average Bonchev–Trinajstić information content (AvgIpc) is 2.62. The molecule has 1 aromatic heterocycles.